The van der Waals surface area contributed by atoms with Gasteiger partial charge in [0, 0.05) is 6.07 Å². The van der Waals surface area contributed by atoms with Gasteiger partial charge >= 0.3 is 6.18 Å². The van der Waals surface area contributed by atoms with Gasteiger partial charge in [0.05, 0.1) is 16.8 Å². The molecule has 0 bridgehead atoms. The number of hydrazine groups is 1. The number of amides is 1. The number of hydrogen-bond donors (Lipinski definition) is 2. The Bertz CT molecular complexity index is 938. The van der Waals surface area contributed by atoms with Gasteiger partial charge in [0.25, 0.3) is 5.91 Å². The van der Waals surface area contributed by atoms with E-state index in [0.717, 1.165) is 12.1 Å². The number of hydrogen-bond acceptors (Lipinski definition) is 4. The summed E-state index contributed by atoms with van der Waals surface area (Å²) in [5.74, 6) is -1.38. The molecule has 0 fully saturated rings. The second kappa shape index (κ2) is 6.87. The lowest BCUT2D eigenvalue weighted by molar-refractivity contribution is -0.137. The van der Waals surface area contributed by atoms with E-state index in [1.165, 1.54) is 36.4 Å². The summed E-state index contributed by atoms with van der Waals surface area (Å²) in [7, 11) is 0. The van der Waals surface area contributed by atoms with Crippen LogP contribution in [0.3, 0.4) is 0 Å². The lowest BCUT2D eigenvalue weighted by Crippen LogP contribution is -2.30. The Morgan fingerprint density at radius 2 is 1.73 bits per heavy atom. The first-order chi connectivity index (χ1) is 12.4. The van der Waals surface area contributed by atoms with E-state index >= 15 is 0 Å². The van der Waals surface area contributed by atoms with Gasteiger partial charge in [-0.2, -0.15) is 13.2 Å². The van der Waals surface area contributed by atoms with Crippen LogP contribution < -0.4 is 10.9 Å². The topological polar surface area (TPSA) is 67.2 Å². The van der Waals surface area contributed by atoms with Crippen LogP contribution in [0.1, 0.15) is 16.1 Å². The predicted molar refractivity (Wildman–Crippen MR) is 84.4 cm³/mol. The van der Waals surface area contributed by atoms with Crippen molar-refractivity contribution in [3.05, 3.63) is 71.7 Å². The Kier molecular flexibility index (Phi) is 4.61. The number of para-hydroxylation sites is 1. The highest BCUT2D eigenvalue weighted by Crippen LogP contribution is 2.34. The number of aromatic nitrogens is 1. The van der Waals surface area contributed by atoms with Crippen molar-refractivity contribution in [3.63, 3.8) is 0 Å². The second-order valence-corrected chi connectivity index (χ2v) is 5.18. The zero-order chi connectivity index (χ0) is 18.7. The monoisotopic (exact) mass is 365 g/mol. The normalized spacial score (nSPS) is 11.2. The molecule has 9 heteroatoms. The zero-order valence-corrected chi connectivity index (χ0v) is 13.0. The van der Waals surface area contributed by atoms with E-state index in [2.05, 4.69) is 16.0 Å². The molecule has 0 saturated heterocycles. The van der Waals surface area contributed by atoms with Crippen LogP contribution in [-0.4, -0.2) is 11.1 Å². The third kappa shape index (κ3) is 3.66. The van der Waals surface area contributed by atoms with Crippen LogP contribution in [0.15, 0.2) is 59.1 Å². The summed E-state index contributed by atoms with van der Waals surface area (Å²) in [6.45, 7) is 0. The van der Waals surface area contributed by atoms with E-state index in [4.69, 9.17) is 4.52 Å². The van der Waals surface area contributed by atoms with E-state index < -0.39 is 23.5 Å². The average molecular weight is 365 g/mol. The van der Waals surface area contributed by atoms with Crippen LogP contribution in [0.25, 0.3) is 11.3 Å². The molecule has 3 aromatic rings. The van der Waals surface area contributed by atoms with Crippen molar-refractivity contribution in [1.82, 2.24) is 10.6 Å². The van der Waals surface area contributed by atoms with Gasteiger partial charge in [0.2, 0.25) is 0 Å². The Morgan fingerprint density at radius 1 is 1.04 bits per heavy atom. The minimum absolute atomic E-state index is 0.0175. The SMILES string of the molecule is O=C(NNc1ccccc1C(F)(F)F)c1cc(-c2ccccc2F)on1. The number of alkyl halides is 3. The number of rotatable bonds is 4. The van der Waals surface area contributed by atoms with Gasteiger partial charge in [-0.05, 0) is 24.3 Å². The summed E-state index contributed by atoms with van der Waals surface area (Å²) < 4.78 is 57.4. The van der Waals surface area contributed by atoms with Gasteiger partial charge in [-0.15, -0.1) is 0 Å². The van der Waals surface area contributed by atoms with Crippen molar-refractivity contribution in [2.75, 3.05) is 5.43 Å². The van der Waals surface area contributed by atoms with Crippen molar-refractivity contribution >= 4 is 11.6 Å². The number of carbonyl (C=O) groups excluding carboxylic acids is 1. The van der Waals surface area contributed by atoms with E-state index in [1.807, 2.05) is 0 Å². The predicted octanol–water partition coefficient (Wildman–Crippen LogP) is 4.26. The number of halogens is 4. The molecule has 0 aliphatic rings. The summed E-state index contributed by atoms with van der Waals surface area (Å²) in [6.07, 6.45) is -4.58. The summed E-state index contributed by atoms with van der Waals surface area (Å²) in [5.41, 5.74) is 2.92. The molecule has 26 heavy (non-hydrogen) atoms. The van der Waals surface area contributed by atoms with Crippen molar-refractivity contribution in [2.45, 2.75) is 6.18 Å². The first-order valence-corrected chi connectivity index (χ1v) is 7.30. The molecule has 1 aromatic heterocycles. The van der Waals surface area contributed by atoms with E-state index in [-0.39, 0.29) is 22.7 Å². The highest BCUT2D eigenvalue weighted by molar-refractivity contribution is 5.93. The van der Waals surface area contributed by atoms with Gasteiger partial charge in [0.1, 0.15) is 5.82 Å². The van der Waals surface area contributed by atoms with Crippen molar-refractivity contribution in [1.29, 1.82) is 0 Å². The lowest BCUT2D eigenvalue weighted by atomic mass is 10.1. The third-order valence-corrected chi connectivity index (χ3v) is 3.43. The van der Waals surface area contributed by atoms with Crippen molar-refractivity contribution in [3.8, 4) is 11.3 Å². The number of benzene rings is 2. The van der Waals surface area contributed by atoms with Gasteiger partial charge in [-0.25, -0.2) is 4.39 Å². The second-order valence-electron chi connectivity index (χ2n) is 5.18. The number of anilines is 1. The molecule has 0 aliphatic carbocycles. The standard InChI is InChI=1S/C17H11F4N3O2/c18-12-7-3-1-5-10(12)15-9-14(24-26-15)16(25)23-22-13-8-4-2-6-11(13)17(19,20)21/h1-9,22H,(H,23,25). The molecule has 2 N–H and O–H groups in total. The van der Waals surface area contributed by atoms with E-state index in [0.29, 0.717) is 0 Å². The first kappa shape index (κ1) is 17.5. The first-order valence-electron chi connectivity index (χ1n) is 7.30. The molecule has 3 rings (SSSR count). The summed E-state index contributed by atoms with van der Waals surface area (Å²) in [4.78, 5) is 12.0. The fourth-order valence-electron chi connectivity index (χ4n) is 2.20. The van der Waals surface area contributed by atoms with Gasteiger partial charge in [-0.3, -0.25) is 15.6 Å². The maximum Gasteiger partial charge on any atom is 0.418 e. The molecule has 0 radical (unpaired) electrons. The highest BCUT2D eigenvalue weighted by Gasteiger charge is 2.33. The third-order valence-electron chi connectivity index (χ3n) is 3.43. The molecule has 0 aliphatic heterocycles. The Labute approximate surface area is 144 Å². The fourth-order valence-corrected chi connectivity index (χ4v) is 2.20. The van der Waals surface area contributed by atoms with Gasteiger partial charge < -0.3 is 4.52 Å². The van der Waals surface area contributed by atoms with Crippen molar-refractivity contribution in [2.24, 2.45) is 0 Å². The molecule has 5 nitrogen and oxygen atoms in total. The number of carbonyl (C=O) groups is 1. The number of nitrogens with one attached hydrogen (secondary N) is 2. The smallest absolute Gasteiger partial charge is 0.355 e. The molecule has 134 valence electrons. The van der Waals surface area contributed by atoms with E-state index in [9.17, 15) is 22.4 Å². The molecular formula is C17H11F4N3O2. The lowest BCUT2D eigenvalue weighted by Gasteiger charge is -2.14. The molecule has 1 amide bonds. The molecule has 2 aromatic carbocycles. The van der Waals surface area contributed by atoms with Crippen LogP contribution >= 0.6 is 0 Å². The Balaban J connectivity index is 1.74. The minimum atomic E-state index is -4.58. The Hall–Kier alpha value is -3.36. The maximum atomic E-state index is 13.7. The molecule has 0 atom stereocenters. The summed E-state index contributed by atoms with van der Waals surface area (Å²) >= 11 is 0. The summed E-state index contributed by atoms with van der Waals surface area (Å²) in [6, 6.07) is 11.6. The minimum Gasteiger partial charge on any atom is -0.355 e. The van der Waals surface area contributed by atoms with Crippen LogP contribution in [0.5, 0.6) is 0 Å². The quantitative estimate of drug-likeness (QED) is 0.536. The molecule has 1 heterocycles. The highest BCUT2D eigenvalue weighted by atomic mass is 19.4. The van der Waals surface area contributed by atoms with Crippen LogP contribution in [0.2, 0.25) is 0 Å². The van der Waals surface area contributed by atoms with Crippen LogP contribution in [0, 0.1) is 5.82 Å². The zero-order valence-electron chi connectivity index (χ0n) is 13.0. The van der Waals surface area contributed by atoms with Crippen LogP contribution in [-0.2, 0) is 6.18 Å². The molecule has 0 unspecified atom stereocenters. The van der Waals surface area contributed by atoms with Crippen LogP contribution in [0.4, 0.5) is 23.2 Å². The fraction of sp³-hybridized carbons (Fsp3) is 0.0588. The molecule has 0 spiro atoms. The largest absolute Gasteiger partial charge is 0.418 e. The number of nitrogens with zero attached hydrogens (tertiary/aromatic N) is 1. The maximum absolute atomic E-state index is 13.7. The molecular weight excluding hydrogens is 354 g/mol. The Morgan fingerprint density at radius 3 is 2.46 bits per heavy atom. The van der Waals surface area contributed by atoms with Gasteiger partial charge in [-0.1, -0.05) is 29.4 Å². The summed E-state index contributed by atoms with van der Waals surface area (Å²) in [5, 5.41) is 3.50. The van der Waals surface area contributed by atoms with Crippen molar-refractivity contribution < 1.29 is 26.9 Å². The van der Waals surface area contributed by atoms with E-state index in [1.54, 1.807) is 6.07 Å². The van der Waals surface area contributed by atoms with Gasteiger partial charge in [0.15, 0.2) is 11.5 Å². The molecule has 0 saturated carbocycles. The average Bonchev–Trinajstić information content (AvgIpc) is 3.09.